The van der Waals surface area contributed by atoms with Gasteiger partial charge in [-0.25, -0.2) is 0 Å². The molecule has 0 radical (unpaired) electrons. The monoisotopic (exact) mass is 325 g/mol. The molecule has 0 atom stereocenters. The van der Waals surface area contributed by atoms with Gasteiger partial charge >= 0.3 is 5.97 Å². The Morgan fingerprint density at radius 2 is 2.09 bits per heavy atom. The Hall–Kier alpha value is -1.26. The van der Waals surface area contributed by atoms with Gasteiger partial charge in [0.05, 0.1) is 17.5 Å². The smallest absolute Gasteiger partial charge is 0.309 e. The second-order valence-corrected chi connectivity index (χ2v) is 6.06. The molecule has 0 aromatic heterocycles. The first kappa shape index (κ1) is 17.1. The standard InChI is InChI=1S/C17H24ClNO3/c1-3-21-17(20)14-6-8-19(9-7-14)10-11-22-16-5-4-13(2)12-15(16)18/h4-5,12,14H,3,6-11H2,1-2H3. The lowest BCUT2D eigenvalue weighted by atomic mass is 9.97. The number of rotatable bonds is 6. The number of hydrogen-bond donors (Lipinski definition) is 0. The highest BCUT2D eigenvalue weighted by Crippen LogP contribution is 2.25. The largest absolute Gasteiger partial charge is 0.491 e. The van der Waals surface area contributed by atoms with Crippen LogP contribution in [-0.2, 0) is 9.53 Å². The molecule has 0 unspecified atom stereocenters. The van der Waals surface area contributed by atoms with E-state index in [1.807, 2.05) is 32.0 Å². The molecule has 0 bridgehead atoms. The lowest BCUT2D eigenvalue weighted by Crippen LogP contribution is -2.39. The van der Waals surface area contributed by atoms with E-state index in [1.165, 1.54) is 0 Å². The van der Waals surface area contributed by atoms with E-state index in [4.69, 9.17) is 21.1 Å². The molecule has 1 aliphatic rings. The van der Waals surface area contributed by atoms with E-state index in [-0.39, 0.29) is 11.9 Å². The molecule has 1 aromatic rings. The van der Waals surface area contributed by atoms with Crippen molar-refractivity contribution in [2.45, 2.75) is 26.7 Å². The van der Waals surface area contributed by atoms with Gasteiger partial charge < -0.3 is 9.47 Å². The van der Waals surface area contributed by atoms with Crippen LogP contribution in [0.15, 0.2) is 18.2 Å². The predicted molar refractivity (Wildman–Crippen MR) is 87.5 cm³/mol. The third kappa shape index (κ3) is 4.89. The highest BCUT2D eigenvalue weighted by molar-refractivity contribution is 6.32. The molecule has 1 aliphatic heterocycles. The van der Waals surface area contributed by atoms with Gasteiger partial charge in [0.1, 0.15) is 12.4 Å². The van der Waals surface area contributed by atoms with Gasteiger partial charge in [-0.3, -0.25) is 9.69 Å². The zero-order chi connectivity index (χ0) is 15.9. The van der Waals surface area contributed by atoms with E-state index < -0.39 is 0 Å². The number of hydrogen-bond acceptors (Lipinski definition) is 4. The normalized spacial score (nSPS) is 16.5. The summed E-state index contributed by atoms with van der Waals surface area (Å²) in [6.45, 7) is 7.59. The minimum absolute atomic E-state index is 0.0511. The van der Waals surface area contributed by atoms with Crippen molar-refractivity contribution < 1.29 is 14.3 Å². The molecular formula is C17H24ClNO3. The highest BCUT2D eigenvalue weighted by atomic mass is 35.5. The fourth-order valence-corrected chi connectivity index (χ4v) is 2.95. The first-order valence-corrected chi connectivity index (χ1v) is 8.26. The minimum Gasteiger partial charge on any atom is -0.491 e. The van der Waals surface area contributed by atoms with Crippen LogP contribution < -0.4 is 4.74 Å². The summed E-state index contributed by atoms with van der Waals surface area (Å²) in [6.07, 6.45) is 1.73. The molecule has 1 heterocycles. The van der Waals surface area contributed by atoms with Crippen molar-refractivity contribution in [2.24, 2.45) is 5.92 Å². The van der Waals surface area contributed by atoms with Crippen molar-refractivity contribution in [1.82, 2.24) is 4.90 Å². The van der Waals surface area contributed by atoms with Gasteiger partial charge in [0, 0.05) is 6.54 Å². The Morgan fingerprint density at radius 3 is 2.73 bits per heavy atom. The number of nitrogens with zero attached hydrogens (tertiary/aromatic N) is 1. The van der Waals surface area contributed by atoms with Crippen LogP contribution >= 0.6 is 11.6 Å². The summed E-state index contributed by atoms with van der Waals surface area (Å²) in [5, 5.41) is 0.654. The molecule has 0 saturated carbocycles. The van der Waals surface area contributed by atoms with Crippen LogP contribution in [0.2, 0.25) is 5.02 Å². The molecule has 22 heavy (non-hydrogen) atoms. The van der Waals surface area contributed by atoms with Crippen LogP contribution in [0.4, 0.5) is 0 Å². The lowest BCUT2D eigenvalue weighted by Gasteiger charge is -2.30. The third-order valence-corrected chi connectivity index (χ3v) is 4.26. The second-order valence-electron chi connectivity index (χ2n) is 5.65. The molecule has 0 amide bonds. The van der Waals surface area contributed by atoms with Crippen molar-refractivity contribution in [3.63, 3.8) is 0 Å². The SMILES string of the molecule is CCOC(=O)C1CCN(CCOc2ccc(C)cc2Cl)CC1. The molecule has 1 fully saturated rings. The topological polar surface area (TPSA) is 38.8 Å². The van der Waals surface area contributed by atoms with Gasteiger partial charge in [-0.05, 0) is 57.5 Å². The fraction of sp³-hybridized carbons (Fsp3) is 0.588. The van der Waals surface area contributed by atoms with Crippen molar-refractivity contribution in [3.05, 3.63) is 28.8 Å². The second kappa shape index (κ2) is 8.39. The Morgan fingerprint density at radius 1 is 1.36 bits per heavy atom. The number of carbonyl (C=O) groups excluding carboxylic acids is 1. The Labute approximate surface area is 137 Å². The van der Waals surface area contributed by atoms with Crippen LogP contribution in [0.1, 0.15) is 25.3 Å². The van der Waals surface area contributed by atoms with Gasteiger partial charge in [-0.1, -0.05) is 17.7 Å². The zero-order valence-electron chi connectivity index (χ0n) is 13.3. The van der Waals surface area contributed by atoms with Crippen molar-refractivity contribution in [1.29, 1.82) is 0 Å². The van der Waals surface area contributed by atoms with Crippen LogP contribution in [0.3, 0.4) is 0 Å². The molecule has 0 spiro atoms. The Balaban J connectivity index is 1.70. The van der Waals surface area contributed by atoms with Gasteiger partial charge in [-0.15, -0.1) is 0 Å². The highest BCUT2D eigenvalue weighted by Gasteiger charge is 2.25. The molecule has 1 saturated heterocycles. The van der Waals surface area contributed by atoms with Gasteiger partial charge in [0.15, 0.2) is 0 Å². The van der Waals surface area contributed by atoms with Gasteiger partial charge in [-0.2, -0.15) is 0 Å². The number of benzene rings is 1. The molecule has 0 N–H and O–H groups in total. The molecule has 5 heteroatoms. The van der Waals surface area contributed by atoms with Crippen molar-refractivity contribution in [2.75, 3.05) is 32.8 Å². The van der Waals surface area contributed by atoms with Crippen molar-refractivity contribution in [3.8, 4) is 5.75 Å². The first-order chi connectivity index (χ1) is 10.6. The number of esters is 1. The van der Waals surface area contributed by atoms with E-state index in [0.29, 0.717) is 18.2 Å². The number of likely N-dealkylation sites (tertiary alicyclic amines) is 1. The molecular weight excluding hydrogens is 302 g/mol. The van der Waals surface area contributed by atoms with E-state index >= 15 is 0 Å². The van der Waals surface area contributed by atoms with Crippen LogP contribution in [-0.4, -0.2) is 43.7 Å². The summed E-state index contributed by atoms with van der Waals surface area (Å²) in [6, 6.07) is 5.80. The summed E-state index contributed by atoms with van der Waals surface area (Å²) in [7, 11) is 0. The van der Waals surface area contributed by atoms with Crippen LogP contribution in [0.25, 0.3) is 0 Å². The lowest BCUT2D eigenvalue weighted by molar-refractivity contribution is -0.149. The van der Waals surface area contributed by atoms with Crippen LogP contribution in [0, 0.1) is 12.8 Å². The number of piperidine rings is 1. The van der Waals surface area contributed by atoms with Crippen molar-refractivity contribution >= 4 is 17.6 Å². The summed E-state index contributed by atoms with van der Waals surface area (Å²) in [4.78, 5) is 14.0. The van der Waals surface area contributed by atoms with Gasteiger partial charge in [0.2, 0.25) is 0 Å². The summed E-state index contributed by atoms with van der Waals surface area (Å²) in [5.41, 5.74) is 1.12. The molecule has 0 aliphatic carbocycles. The summed E-state index contributed by atoms with van der Waals surface area (Å²) >= 11 is 6.14. The minimum atomic E-state index is -0.0511. The maximum absolute atomic E-state index is 11.7. The molecule has 1 aromatic carbocycles. The summed E-state index contributed by atoms with van der Waals surface area (Å²) < 4.78 is 10.8. The maximum atomic E-state index is 11.7. The average molecular weight is 326 g/mol. The first-order valence-electron chi connectivity index (χ1n) is 7.88. The third-order valence-electron chi connectivity index (χ3n) is 3.96. The number of carbonyl (C=O) groups is 1. The van der Waals surface area contributed by atoms with E-state index in [2.05, 4.69) is 4.90 Å². The van der Waals surface area contributed by atoms with E-state index in [1.54, 1.807) is 0 Å². The number of aryl methyl sites for hydroxylation is 1. The number of ether oxygens (including phenoxy) is 2. The Bertz CT molecular complexity index is 499. The average Bonchev–Trinajstić information content (AvgIpc) is 2.50. The molecule has 2 rings (SSSR count). The van der Waals surface area contributed by atoms with E-state index in [0.717, 1.165) is 43.8 Å². The zero-order valence-corrected chi connectivity index (χ0v) is 14.1. The fourth-order valence-electron chi connectivity index (χ4n) is 2.66. The predicted octanol–water partition coefficient (Wildman–Crippen LogP) is 3.30. The summed E-state index contributed by atoms with van der Waals surface area (Å²) in [5.74, 6) is 0.738. The Kier molecular flexibility index (Phi) is 6.52. The van der Waals surface area contributed by atoms with E-state index in [9.17, 15) is 4.79 Å². The molecule has 122 valence electrons. The maximum Gasteiger partial charge on any atom is 0.309 e. The number of halogens is 1. The van der Waals surface area contributed by atoms with Crippen LogP contribution in [0.5, 0.6) is 5.75 Å². The quantitative estimate of drug-likeness (QED) is 0.752. The van der Waals surface area contributed by atoms with Gasteiger partial charge in [0.25, 0.3) is 0 Å². The molecule has 4 nitrogen and oxygen atoms in total.